The van der Waals surface area contributed by atoms with Crippen LogP contribution in [0.25, 0.3) is 10.9 Å². The standard InChI is InChI=1S/C18H17NO4/c1-21-12-4-5-15-16(10-19-17(15)9-12)18(20)11-6-13(22-2)8-14(7-11)23-3/h4-10,19H,1-3H3. The predicted molar refractivity (Wildman–Crippen MR) is 87.8 cm³/mol. The second kappa shape index (κ2) is 6.04. The highest BCUT2D eigenvalue weighted by Crippen LogP contribution is 2.28. The van der Waals surface area contributed by atoms with Gasteiger partial charge in [0.05, 0.1) is 21.3 Å². The highest BCUT2D eigenvalue weighted by atomic mass is 16.5. The van der Waals surface area contributed by atoms with Gasteiger partial charge in [-0.2, -0.15) is 0 Å². The van der Waals surface area contributed by atoms with Crippen LogP contribution in [0.15, 0.2) is 42.6 Å². The van der Waals surface area contributed by atoms with Crippen LogP contribution < -0.4 is 14.2 Å². The average Bonchev–Trinajstić information content (AvgIpc) is 3.03. The van der Waals surface area contributed by atoms with Crippen LogP contribution in [0.4, 0.5) is 0 Å². The molecule has 3 rings (SSSR count). The fourth-order valence-corrected chi connectivity index (χ4v) is 2.51. The first kappa shape index (κ1) is 15.0. The molecule has 23 heavy (non-hydrogen) atoms. The molecule has 3 aromatic rings. The molecule has 5 heteroatoms. The minimum Gasteiger partial charge on any atom is -0.497 e. The summed E-state index contributed by atoms with van der Waals surface area (Å²) >= 11 is 0. The smallest absolute Gasteiger partial charge is 0.195 e. The number of fused-ring (bicyclic) bond motifs is 1. The van der Waals surface area contributed by atoms with Crippen LogP contribution in [0.5, 0.6) is 17.2 Å². The maximum Gasteiger partial charge on any atom is 0.195 e. The molecule has 0 saturated carbocycles. The molecule has 0 aliphatic carbocycles. The van der Waals surface area contributed by atoms with Gasteiger partial charge >= 0.3 is 0 Å². The zero-order valence-electron chi connectivity index (χ0n) is 13.2. The van der Waals surface area contributed by atoms with Crippen LogP contribution >= 0.6 is 0 Å². The van der Waals surface area contributed by atoms with Gasteiger partial charge in [-0.25, -0.2) is 0 Å². The summed E-state index contributed by atoms with van der Waals surface area (Å²) < 4.78 is 15.7. The minimum absolute atomic E-state index is 0.0985. The molecule has 0 aliphatic heterocycles. The van der Waals surface area contributed by atoms with Gasteiger partial charge in [0.1, 0.15) is 17.2 Å². The normalized spacial score (nSPS) is 10.6. The van der Waals surface area contributed by atoms with E-state index in [9.17, 15) is 4.79 Å². The number of aromatic nitrogens is 1. The van der Waals surface area contributed by atoms with Crippen molar-refractivity contribution >= 4 is 16.7 Å². The van der Waals surface area contributed by atoms with Gasteiger partial charge in [-0.05, 0) is 24.3 Å². The molecule has 1 heterocycles. The van der Waals surface area contributed by atoms with Crippen LogP contribution in [0.3, 0.4) is 0 Å². The third-order valence-electron chi connectivity index (χ3n) is 3.75. The van der Waals surface area contributed by atoms with Crippen molar-refractivity contribution < 1.29 is 19.0 Å². The second-order valence-electron chi connectivity index (χ2n) is 5.04. The number of aromatic amines is 1. The van der Waals surface area contributed by atoms with Crippen molar-refractivity contribution in [3.8, 4) is 17.2 Å². The van der Waals surface area contributed by atoms with E-state index >= 15 is 0 Å². The number of hydrogen-bond acceptors (Lipinski definition) is 4. The topological polar surface area (TPSA) is 60.5 Å². The first-order chi connectivity index (χ1) is 11.2. The van der Waals surface area contributed by atoms with Crippen molar-refractivity contribution in [1.29, 1.82) is 0 Å². The molecule has 0 amide bonds. The number of ketones is 1. The lowest BCUT2D eigenvalue weighted by atomic mass is 10.0. The summed E-state index contributed by atoms with van der Waals surface area (Å²) in [6.45, 7) is 0. The third kappa shape index (κ3) is 2.73. The van der Waals surface area contributed by atoms with Gasteiger partial charge in [-0.1, -0.05) is 0 Å². The van der Waals surface area contributed by atoms with Gasteiger partial charge in [0.2, 0.25) is 0 Å². The molecule has 5 nitrogen and oxygen atoms in total. The van der Waals surface area contributed by atoms with E-state index in [0.29, 0.717) is 22.6 Å². The fourth-order valence-electron chi connectivity index (χ4n) is 2.51. The van der Waals surface area contributed by atoms with Crippen molar-refractivity contribution in [2.45, 2.75) is 0 Å². The summed E-state index contributed by atoms with van der Waals surface area (Å²) in [5.41, 5.74) is 1.96. The zero-order valence-corrected chi connectivity index (χ0v) is 13.2. The monoisotopic (exact) mass is 311 g/mol. The maximum absolute atomic E-state index is 12.8. The molecule has 0 atom stereocenters. The van der Waals surface area contributed by atoms with Crippen LogP contribution in [0.1, 0.15) is 15.9 Å². The summed E-state index contributed by atoms with van der Waals surface area (Å²) in [6.07, 6.45) is 1.71. The predicted octanol–water partition coefficient (Wildman–Crippen LogP) is 3.42. The first-order valence-corrected chi connectivity index (χ1v) is 7.09. The Bertz CT molecular complexity index is 844. The lowest BCUT2D eigenvalue weighted by Crippen LogP contribution is -2.02. The molecule has 1 N–H and O–H groups in total. The van der Waals surface area contributed by atoms with Crippen molar-refractivity contribution in [1.82, 2.24) is 4.98 Å². The van der Waals surface area contributed by atoms with E-state index in [0.717, 1.165) is 16.7 Å². The van der Waals surface area contributed by atoms with E-state index in [1.807, 2.05) is 18.2 Å². The van der Waals surface area contributed by atoms with E-state index in [2.05, 4.69) is 4.98 Å². The highest BCUT2D eigenvalue weighted by Gasteiger charge is 2.16. The Hall–Kier alpha value is -2.95. The molecule has 0 aliphatic rings. The summed E-state index contributed by atoms with van der Waals surface area (Å²) in [6, 6.07) is 10.7. The Morgan fingerprint density at radius 1 is 0.870 bits per heavy atom. The molecule has 0 radical (unpaired) electrons. The van der Waals surface area contributed by atoms with E-state index in [4.69, 9.17) is 14.2 Å². The van der Waals surface area contributed by atoms with Gasteiger partial charge in [0.15, 0.2) is 5.78 Å². The Labute approximate surface area is 133 Å². The van der Waals surface area contributed by atoms with E-state index in [1.54, 1.807) is 45.7 Å². The van der Waals surface area contributed by atoms with E-state index in [-0.39, 0.29) is 5.78 Å². The van der Waals surface area contributed by atoms with Crippen molar-refractivity contribution in [3.63, 3.8) is 0 Å². The molecule has 0 bridgehead atoms. The van der Waals surface area contributed by atoms with Gasteiger partial charge in [-0.3, -0.25) is 4.79 Å². The first-order valence-electron chi connectivity index (χ1n) is 7.09. The lowest BCUT2D eigenvalue weighted by molar-refractivity contribution is 0.103. The highest BCUT2D eigenvalue weighted by molar-refractivity contribution is 6.16. The van der Waals surface area contributed by atoms with Crippen molar-refractivity contribution in [2.75, 3.05) is 21.3 Å². The maximum atomic E-state index is 12.8. The molecular weight excluding hydrogens is 294 g/mol. The number of carbonyl (C=O) groups excluding carboxylic acids is 1. The van der Waals surface area contributed by atoms with E-state index in [1.165, 1.54) is 0 Å². The number of hydrogen-bond donors (Lipinski definition) is 1. The van der Waals surface area contributed by atoms with Gasteiger partial charge in [0.25, 0.3) is 0 Å². The van der Waals surface area contributed by atoms with Crippen LogP contribution in [-0.2, 0) is 0 Å². The Kier molecular flexibility index (Phi) is 3.93. The lowest BCUT2D eigenvalue weighted by Gasteiger charge is -2.07. The number of methoxy groups -OCH3 is 3. The quantitative estimate of drug-likeness (QED) is 0.733. The second-order valence-corrected chi connectivity index (χ2v) is 5.04. The van der Waals surface area contributed by atoms with Crippen LogP contribution in [0, 0.1) is 0 Å². The molecule has 2 aromatic carbocycles. The number of H-pyrrole nitrogens is 1. The molecule has 0 unspecified atom stereocenters. The van der Waals surface area contributed by atoms with Crippen LogP contribution in [0.2, 0.25) is 0 Å². The SMILES string of the molecule is COc1cc(OC)cc(C(=O)c2c[nH]c3cc(OC)ccc23)c1. The van der Waals surface area contributed by atoms with Gasteiger partial charge in [-0.15, -0.1) is 0 Å². The summed E-state index contributed by atoms with van der Waals surface area (Å²) in [5, 5.41) is 0.845. The largest absolute Gasteiger partial charge is 0.497 e. The minimum atomic E-state index is -0.0985. The Balaban J connectivity index is 2.07. The van der Waals surface area contributed by atoms with E-state index < -0.39 is 0 Å². The molecule has 1 aromatic heterocycles. The number of rotatable bonds is 5. The molecule has 0 spiro atoms. The fraction of sp³-hybridized carbons (Fsp3) is 0.167. The number of ether oxygens (including phenoxy) is 3. The third-order valence-corrected chi connectivity index (χ3v) is 3.75. The average molecular weight is 311 g/mol. The van der Waals surface area contributed by atoms with Gasteiger partial charge in [0, 0.05) is 40.4 Å². The zero-order chi connectivity index (χ0) is 16.4. The Morgan fingerprint density at radius 3 is 2.13 bits per heavy atom. The number of carbonyl (C=O) groups is 1. The van der Waals surface area contributed by atoms with Crippen molar-refractivity contribution in [3.05, 3.63) is 53.7 Å². The summed E-state index contributed by atoms with van der Waals surface area (Å²) in [4.78, 5) is 16.0. The number of benzene rings is 2. The van der Waals surface area contributed by atoms with Crippen molar-refractivity contribution in [2.24, 2.45) is 0 Å². The van der Waals surface area contributed by atoms with Gasteiger partial charge < -0.3 is 19.2 Å². The number of nitrogens with one attached hydrogen (secondary N) is 1. The summed E-state index contributed by atoms with van der Waals surface area (Å²) in [5.74, 6) is 1.79. The molecule has 0 fully saturated rings. The molecule has 0 saturated heterocycles. The molecule has 118 valence electrons. The summed E-state index contributed by atoms with van der Waals surface area (Å²) in [7, 11) is 4.72. The molecular formula is C18H17NO4. The Morgan fingerprint density at radius 2 is 1.52 bits per heavy atom. The van der Waals surface area contributed by atoms with Crippen LogP contribution in [-0.4, -0.2) is 32.1 Å².